The fourth-order valence-corrected chi connectivity index (χ4v) is 0.549. The van der Waals surface area contributed by atoms with Crippen molar-refractivity contribution in [3.05, 3.63) is 0 Å². The first kappa shape index (κ1) is 11.8. The Labute approximate surface area is 68.1 Å². The number of carbonyl (C=O) groups is 2. The fourth-order valence-electron chi connectivity index (χ4n) is 0.549. The third-order valence-corrected chi connectivity index (χ3v) is 1.07. The van der Waals surface area contributed by atoms with Gasteiger partial charge in [-0.25, -0.2) is 8.78 Å². The van der Waals surface area contributed by atoms with Crippen molar-refractivity contribution in [2.75, 3.05) is 0 Å². The minimum absolute atomic E-state index is 2.63. The summed E-state index contributed by atoms with van der Waals surface area (Å²) in [4.78, 5) is 19.9. The molecule has 0 aromatic rings. The molecule has 0 saturated carbocycles. The normalized spacial score (nSPS) is 14.3. The first-order valence-corrected chi connectivity index (χ1v) is 2.79. The molecular formula is C5H3F5O3. The standard InChI is InChI=1S/C5H3F5O3/c6-3(7)2(11)1(4(12)13)5(8,9)10/h1,3H,(H,12,13). The minimum Gasteiger partial charge on any atom is -0.480 e. The van der Waals surface area contributed by atoms with Gasteiger partial charge in [-0.1, -0.05) is 0 Å². The lowest BCUT2D eigenvalue weighted by molar-refractivity contribution is -0.198. The Kier molecular flexibility index (Phi) is 3.33. The molecular weight excluding hydrogens is 203 g/mol. The van der Waals surface area contributed by atoms with Crippen molar-refractivity contribution < 1.29 is 36.6 Å². The largest absolute Gasteiger partial charge is 0.480 e. The van der Waals surface area contributed by atoms with E-state index in [2.05, 4.69) is 0 Å². The summed E-state index contributed by atoms with van der Waals surface area (Å²) in [5.41, 5.74) is 0. The molecule has 0 saturated heterocycles. The smallest absolute Gasteiger partial charge is 0.409 e. The highest BCUT2D eigenvalue weighted by Crippen LogP contribution is 2.28. The van der Waals surface area contributed by atoms with Crippen molar-refractivity contribution in [2.24, 2.45) is 5.92 Å². The number of Topliss-reactive ketones (excluding diaryl/α,β-unsaturated/α-hetero) is 1. The van der Waals surface area contributed by atoms with Gasteiger partial charge < -0.3 is 5.11 Å². The predicted molar refractivity (Wildman–Crippen MR) is 28.2 cm³/mol. The average Bonchev–Trinajstić information content (AvgIpc) is 1.82. The third kappa shape index (κ3) is 2.96. The summed E-state index contributed by atoms with van der Waals surface area (Å²) in [7, 11) is 0. The number of rotatable bonds is 3. The lowest BCUT2D eigenvalue weighted by Gasteiger charge is -2.13. The minimum atomic E-state index is -5.49. The number of carbonyl (C=O) groups excluding carboxylic acids is 1. The molecule has 0 radical (unpaired) electrons. The molecule has 0 aliphatic rings. The highest BCUT2D eigenvalue weighted by atomic mass is 19.4. The van der Waals surface area contributed by atoms with Crippen molar-refractivity contribution in [1.82, 2.24) is 0 Å². The molecule has 13 heavy (non-hydrogen) atoms. The Bertz CT molecular complexity index is 221. The van der Waals surface area contributed by atoms with Gasteiger partial charge in [0.15, 0.2) is 0 Å². The molecule has 0 aliphatic carbocycles. The second-order valence-corrected chi connectivity index (χ2v) is 2.02. The number of carboxylic acid groups (broad SMARTS) is 1. The number of aliphatic carboxylic acids is 1. The van der Waals surface area contributed by atoms with Gasteiger partial charge in [0, 0.05) is 0 Å². The van der Waals surface area contributed by atoms with Crippen LogP contribution >= 0.6 is 0 Å². The van der Waals surface area contributed by atoms with E-state index in [0.717, 1.165) is 0 Å². The lowest BCUT2D eigenvalue weighted by Crippen LogP contribution is -2.40. The average molecular weight is 206 g/mol. The molecule has 1 atom stereocenters. The highest BCUT2D eigenvalue weighted by molar-refractivity contribution is 6.00. The maximum Gasteiger partial charge on any atom is 0.409 e. The zero-order chi connectivity index (χ0) is 10.8. The van der Waals surface area contributed by atoms with E-state index < -0.39 is 30.3 Å². The van der Waals surface area contributed by atoms with E-state index in [1.54, 1.807) is 0 Å². The first-order chi connectivity index (χ1) is 5.68. The zero-order valence-corrected chi connectivity index (χ0v) is 5.81. The predicted octanol–water partition coefficient (Wildman–Crippen LogP) is 1.08. The van der Waals surface area contributed by atoms with Crippen molar-refractivity contribution >= 4 is 11.8 Å². The monoisotopic (exact) mass is 206 g/mol. The number of hydrogen-bond acceptors (Lipinski definition) is 2. The Balaban J connectivity index is 4.84. The molecule has 1 N–H and O–H groups in total. The Morgan fingerprint density at radius 1 is 1.15 bits per heavy atom. The van der Waals surface area contributed by atoms with Gasteiger partial charge in [0.2, 0.25) is 11.7 Å². The van der Waals surface area contributed by atoms with Crippen LogP contribution in [-0.2, 0) is 9.59 Å². The van der Waals surface area contributed by atoms with E-state index in [0.29, 0.717) is 0 Å². The number of alkyl halides is 5. The van der Waals surface area contributed by atoms with Crippen LogP contribution < -0.4 is 0 Å². The van der Waals surface area contributed by atoms with E-state index in [9.17, 15) is 31.5 Å². The Morgan fingerprint density at radius 2 is 1.54 bits per heavy atom. The molecule has 0 fully saturated rings. The van der Waals surface area contributed by atoms with E-state index in [4.69, 9.17) is 5.11 Å². The van der Waals surface area contributed by atoms with Crippen molar-refractivity contribution in [1.29, 1.82) is 0 Å². The van der Waals surface area contributed by atoms with Crippen LogP contribution in [0.2, 0.25) is 0 Å². The molecule has 1 unspecified atom stereocenters. The third-order valence-electron chi connectivity index (χ3n) is 1.07. The van der Waals surface area contributed by atoms with Crippen LogP contribution in [0.5, 0.6) is 0 Å². The summed E-state index contributed by atoms with van der Waals surface area (Å²) in [5, 5.41) is 7.85. The molecule has 0 amide bonds. The Hall–Kier alpha value is -1.21. The van der Waals surface area contributed by atoms with Crippen LogP contribution in [0.15, 0.2) is 0 Å². The fraction of sp³-hybridized carbons (Fsp3) is 0.600. The zero-order valence-electron chi connectivity index (χ0n) is 5.81. The van der Waals surface area contributed by atoms with E-state index in [1.807, 2.05) is 0 Å². The highest BCUT2D eigenvalue weighted by Gasteiger charge is 2.52. The van der Waals surface area contributed by atoms with Gasteiger partial charge in [-0.3, -0.25) is 9.59 Å². The van der Waals surface area contributed by atoms with Crippen LogP contribution in [-0.4, -0.2) is 29.5 Å². The molecule has 0 aromatic heterocycles. The van der Waals surface area contributed by atoms with Crippen LogP contribution in [0, 0.1) is 5.92 Å². The molecule has 3 nitrogen and oxygen atoms in total. The molecule has 0 rings (SSSR count). The van der Waals surface area contributed by atoms with Gasteiger partial charge in [-0.15, -0.1) is 0 Å². The summed E-state index contributed by atoms with van der Waals surface area (Å²) in [6, 6.07) is 0. The van der Waals surface area contributed by atoms with Crippen LogP contribution in [0.3, 0.4) is 0 Å². The lowest BCUT2D eigenvalue weighted by atomic mass is 10.0. The number of ketones is 1. The van der Waals surface area contributed by atoms with Crippen LogP contribution in [0.1, 0.15) is 0 Å². The first-order valence-electron chi connectivity index (χ1n) is 2.79. The number of hydrogen-bond donors (Lipinski definition) is 1. The molecule has 0 bridgehead atoms. The summed E-state index contributed by atoms with van der Waals surface area (Å²) < 4.78 is 57.9. The topological polar surface area (TPSA) is 54.4 Å². The van der Waals surface area contributed by atoms with Crippen LogP contribution in [0.25, 0.3) is 0 Å². The SMILES string of the molecule is O=C(O)C(C(=O)C(F)F)C(F)(F)F. The molecule has 0 aliphatic heterocycles. The van der Waals surface area contributed by atoms with Gasteiger partial charge in [0.1, 0.15) is 0 Å². The van der Waals surface area contributed by atoms with Gasteiger partial charge in [0.25, 0.3) is 6.43 Å². The van der Waals surface area contributed by atoms with Crippen molar-refractivity contribution in [3.63, 3.8) is 0 Å². The number of halogens is 5. The number of carboxylic acids is 1. The molecule has 0 aromatic carbocycles. The van der Waals surface area contributed by atoms with E-state index in [1.165, 1.54) is 0 Å². The van der Waals surface area contributed by atoms with Gasteiger partial charge >= 0.3 is 12.1 Å². The maximum atomic E-state index is 11.6. The van der Waals surface area contributed by atoms with E-state index in [-0.39, 0.29) is 0 Å². The quantitative estimate of drug-likeness (QED) is 0.555. The summed E-state index contributed by atoms with van der Waals surface area (Å²) in [6.07, 6.45) is -9.43. The van der Waals surface area contributed by atoms with E-state index >= 15 is 0 Å². The summed E-state index contributed by atoms with van der Waals surface area (Å²) in [6.45, 7) is 0. The Morgan fingerprint density at radius 3 is 1.62 bits per heavy atom. The van der Waals surface area contributed by atoms with Gasteiger partial charge in [0.05, 0.1) is 0 Å². The summed E-state index contributed by atoms with van der Waals surface area (Å²) >= 11 is 0. The summed E-state index contributed by atoms with van der Waals surface area (Å²) in [5.74, 6) is -8.93. The molecule has 76 valence electrons. The van der Waals surface area contributed by atoms with Crippen molar-refractivity contribution in [2.45, 2.75) is 12.6 Å². The van der Waals surface area contributed by atoms with Gasteiger partial charge in [-0.05, 0) is 0 Å². The second kappa shape index (κ2) is 3.67. The second-order valence-electron chi connectivity index (χ2n) is 2.02. The van der Waals surface area contributed by atoms with Gasteiger partial charge in [-0.2, -0.15) is 13.2 Å². The van der Waals surface area contributed by atoms with Crippen molar-refractivity contribution in [3.8, 4) is 0 Å². The maximum absolute atomic E-state index is 11.6. The molecule has 0 heterocycles. The molecule has 8 heteroatoms. The van der Waals surface area contributed by atoms with Crippen LogP contribution in [0.4, 0.5) is 22.0 Å². The molecule has 0 spiro atoms.